The Balaban J connectivity index is 1.87. The van der Waals surface area contributed by atoms with Crippen LogP contribution in [0.25, 0.3) is 0 Å². The third kappa shape index (κ3) is 5.69. The van der Waals surface area contributed by atoms with Gasteiger partial charge in [-0.05, 0) is 38.1 Å². The molecule has 25 heavy (non-hydrogen) atoms. The summed E-state index contributed by atoms with van der Waals surface area (Å²) in [6.07, 6.45) is -0.0763. The van der Waals surface area contributed by atoms with Crippen molar-refractivity contribution in [2.45, 2.75) is 20.0 Å². The van der Waals surface area contributed by atoms with E-state index in [0.29, 0.717) is 22.1 Å². The van der Waals surface area contributed by atoms with E-state index in [-0.39, 0.29) is 12.7 Å². The van der Waals surface area contributed by atoms with Gasteiger partial charge in [-0.15, -0.1) is 0 Å². The molecule has 0 saturated heterocycles. The molecule has 2 rings (SSSR count). The number of amides is 2. The molecular formula is C18H19ClN2O4. The Labute approximate surface area is 151 Å². The number of benzene rings is 2. The van der Waals surface area contributed by atoms with Gasteiger partial charge in [0, 0.05) is 0 Å². The van der Waals surface area contributed by atoms with Crippen molar-refractivity contribution in [3.05, 3.63) is 59.1 Å². The highest BCUT2D eigenvalue weighted by Crippen LogP contribution is 2.22. The van der Waals surface area contributed by atoms with E-state index in [2.05, 4.69) is 10.9 Å². The average Bonchev–Trinajstić information content (AvgIpc) is 2.59. The second-order valence-corrected chi connectivity index (χ2v) is 5.79. The SMILES string of the molecule is CC(C)Oc1ccccc1C(=O)NNC(=O)COc1ccccc1Cl. The molecule has 0 bridgehead atoms. The van der Waals surface area contributed by atoms with Crippen molar-refractivity contribution in [2.75, 3.05) is 6.61 Å². The molecular weight excluding hydrogens is 344 g/mol. The topological polar surface area (TPSA) is 76.7 Å². The van der Waals surface area contributed by atoms with Crippen LogP contribution in [0.2, 0.25) is 5.02 Å². The smallest absolute Gasteiger partial charge is 0.276 e. The first-order valence-corrected chi connectivity index (χ1v) is 8.07. The molecule has 132 valence electrons. The zero-order valence-electron chi connectivity index (χ0n) is 13.9. The van der Waals surface area contributed by atoms with Gasteiger partial charge in [0.25, 0.3) is 11.8 Å². The number of nitrogens with one attached hydrogen (secondary N) is 2. The van der Waals surface area contributed by atoms with E-state index in [4.69, 9.17) is 21.1 Å². The lowest BCUT2D eigenvalue weighted by Crippen LogP contribution is -2.44. The van der Waals surface area contributed by atoms with Crippen molar-refractivity contribution >= 4 is 23.4 Å². The molecule has 0 unspecified atom stereocenters. The van der Waals surface area contributed by atoms with Crippen molar-refractivity contribution in [1.82, 2.24) is 10.9 Å². The summed E-state index contributed by atoms with van der Waals surface area (Å²) in [5.74, 6) is -0.171. The molecule has 0 radical (unpaired) electrons. The van der Waals surface area contributed by atoms with Crippen molar-refractivity contribution in [3.8, 4) is 11.5 Å². The van der Waals surface area contributed by atoms with Gasteiger partial charge in [-0.2, -0.15) is 0 Å². The summed E-state index contributed by atoms with van der Waals surface area (Å²) in [6.45, 7) is 3.44. The number of carbonyl (C=O) groups is 2. The summed E-state index contributed by atoms with van der Waals surface area (Å²) < 4.78 is 10.9. The first-order valence-electron chi connectivity index (χ1n) is 7.69. The number of hydrogen-bond donors (Lipinski definition) is 2. The van der Waals surface area contributed by atoms with Gasteiger partial charge in [0.1, 0.15) is 11.5 Å². The van der Waals surface area contributed by atoms with Crippen molar-refractivity contribution < 1.29 is 19.1 Å². The van der Waals surface area contributed by atoms with E-state index in [0.717, 1.165) is 0 Å². The number of hydrogen-bond acceptors (Lipinski definition) is 4. The Morgan fingerprint density at radius 3 is 2.32 bits per heavy atom. The highest BCUT2D eigenvalue weighted by molar-refractivity contribution is 6.32. The van der Waals surface area contributed by atoms with Gasteiger partial charge in [0.05, 0.1) is 16.7 Å². The first-order chi connectivity index (χ1) is 12.0. The predicted molar refractivity (Wildman–Crippen MR) is 94.8 cm³/mol. The monoisotopic (exact) mass is 362 g/mol. The lowest BCUT2D eigenvalue weighted by Gasteiger charge is -2.14. The van der Waals surface area contributed by atoms with Gasteiger partial charge >= 0.3 is 0 Å². The van der Waals surface area contributed by atoms with E-state index in [9.17, 15) is 9.59 Å². The predicted octanol–water partition coefficient (Wildman–Crippen LogP) is 2.97. The maximum atomic E-state index is 12.2. The fourth-order valence-corrected chi connectivity index (χ4v) is 2.14. The summed E-state index contributed by atoms with van der Waals surface area (Å²) in [6, 6.07) is 13.6. The maximum Gasteiger partial charge on any atom is 0.276 e. The van der Waals surface area contributed by atoms with Crippen molar-refractivity contribution in [2.24, 2.45) is 0 Å². The Kier molecular flexibility index (Phi) is 6.65. The van der Waals surface area contributed by atoms with Crippen LogP contribution >= 0.6 is 11.6 Å². The lowest BCUT2D eigenvalue weighted by atomic mass is 10.2. The Hall–Kier alpha value is -2.73. The maximum absolute atomic E-state index is 12.2. The first kappa shape index (κ1) is 18.6. The van der Waals surface area contributed by atoms with Crippen molar-refractivity contribution in [1.29, 1.82) is 0 Å². The molecule has 0 saturated carbocycles. The van der Waals surface area contributed by atoms with Crippen molar-refractivity contribution in [3.63, 3.8) is 0 Å². The number of rotatable bonds is 6. The molecule has 0 heterocycles. The third-order valence-corrected chi connectivity index (χ3v) is 3.32. The molecule has 2 N–H and O–H groups in total. The van der Waals surface area contributed by atoms with E-state index in [1.807, 2.05) is 13.8 Å². The number of carbonyl (C=O) groups excluding carboxylic acids is 2. The van der Waals surface area contributed by atoms with Crippen LogP contribution in [0.15, 0.2) is 48.5 Å². The fourth-order valence-electron chi connectivity index (χ4n) is 1.95. The lowest BCUT2D eigenvalue weighted by molar-refractivity contribution is -0.123. The minimum atomic E-state index is -0.518. The highest BCUT2D eigenvalue weighted by Gasteiger charge is 2.14. The standard InChI is InChI=1S/C18H19ClN2O4/c1-12(2)25-15-9-5-3-7-13(15)18(23)21-20-17(22)11-24-16-10-6-4-8-14(16)19/h3-10,12H,11H2,1-2H3,(H,20,22)(H,21,23). The van der Waals surface area contributed by atoms with Crippen LogP contribution in [-0.4, -0.2) is 24.5 Å². The van der Waals surface area contributed by atoms with Crippen LogP contribution < -0.4 is 20.3 Å². The van der Waals surface area contributed by atoms with E-state index in [1.54, 1.807) is 48.5 Å². The largest absolute Gasteiger partial charge is 0.490 e. The normalized spacial score (nSPS) is 10.2. The molecule has 0 spiro atoms. The third-order valence-electron chi connectivity index (χ3n) is 3.01. The van der Waals surface area contributed by atoms with Gasteiger partial charge < -0.3 is 9.47 Å². The summed E-state index contributed by atoms with van der Waals surface area (Å²) in [7, 11) is 0. The molecule has 0 aliphatic heterocycles. The summed E-state index contributed by atoms with van der Waals surface area (Å²) >= 11 is 5.93. The molecule has 0 aliphatic carbocycles. The minimum Gasteiger partial charge on any atom is -0.490 e. The molecule has 0 aliphatic rings. The molecule has 2 amide bonds. The van der Waals surface area contributed by atoms with E-state index >= 15 is 0 Å². The molecule has 2 aromatic carbocycles. The molecule has 0 atom stereocenters. The Bertz CT molecular complexity index is 749. The summed E-state index contributed by atoms with van der Waals surface area (Å²) in [4.78, 5) is 24.0. The second kappa shape index (κ2) is 8.94. The molecule has 7 heteroatoms. The van der Waals surface area contributed by atoms with Crippen LogP contribution in [0.1, 0.15) is 24.2 Å². The van der Waals surface area contributed by atoms with Crippen LogP contribution in [0.3, 0.4) is 0 Å². The van der Waals surface area contributed by atoms with Gasteiger partial charge in [-0.25, -0.2) is 0 Å². The molecule has 2 aromatic rings. The van der Waals surface area contributed by atoms with Gasteiger partial charge in [-0.1, -0.05) is 35.9 Å². The number of ether oxygens (including phenoxy) is 2. The summed E-state index contributed by atoms with van der Waals surface area (Å²) in [5.41, 5.74) is 4.94. The molecule has 0 aromatic heterocycles. The minimum absolute atomic E-state index is 0.0763. The summed E-state index contributed by atoms with van der Waals surface area (Å²) in [5, 5.41) is 0.402. The quantitative estimate of drug-likeness (QED) is 0.774. The zero-order chi connectivity index (χ0) is 18.2. The number of para-hydroxylation sites is 2. The van der Waals surface area contributed by atoms with Crippen LogP contribution in [0, 0.1) is 0 Å². The molecule has 0 fully saturated rings. The van der Waals surface area contributed by atoms with Crippen LogP contribution in [-0.2, 0) is 4.79 Å². The van der Waals surface area contributed by atoms with Gasteiger partial charge in [-0.3, -0.25) is 20.4 Å². The van der Waals surface area contributed by atoms with Gasteiger partial charge in [0.15, 0.2) is 6.61 Å². The highest BCUT2D eigenvalue weighted by atomic mass is 35.5. The van der Waals surface area contributed by atoms with Gasteiger partial charge in [0.2, 0.25) is 0 Å². The molecule has 6 nitrogen and oxygen atoms in total. The van der Waals surface area contributed by atoms with E-state index in [1.165, 1.54) is 0 Å². The van der Waals surface area contributed by atoms with E-state index < -0.39 is 11.8 Å². The number of hydrazine groups is 1. The van der Waals surface area contributed by atoms with Crippen LogP contribution in [0.5, 0.6) is 11.5 Å². The number of halogens is 1. The average molecular weight is 363 g/mol. The fraction of sp³-hybridized carbons (Fsp3) is 0.222. The zero-order valence-corrected chi connectivity index (χ0v) is 14.7. The Morgan fingerprint density at radius 2 is 1.64 bits per heavy atom. The van der Waals surface area contributed by atoms with Crippen LogP contribution in [0.4, 0.5) is 0 Å². The Morgan fingerprint density at radius 1 is 1.00 bits per heavy atom. The second-order valence-electron chi connectivity index (χ2n) is 5.38.